The second-order valence-electron chi connectivity index (χ2n) is 3.75. The fraction of sp³-hybridized carbons (Fsp3) is 0.0909. The molecule has 0 amide bonds. The first-order chi connectivity index (χ1) is 9.31. The Morgan fingerprint density at radius 1 is 1.26 bits per heavy atom. The maximum Gasteiger partial charge on any atom is 0.246 e. The van der Waals surface area contributed by atoms with Gasteiger partial charge in [0.2, 0.25) is 11.7 Å². The highest BCUT2D eigenvalue weighted by Crippen LogP contribution is 2.15. The molecule has 0 saturated heterocycles. The molecule has 8 heteroatoms. The van der Waals surface area contributed by atoms with E-state index < -0.39 is 0 Å². The molecule has 0 spiro atoms. The van der Waals surface area contributed by atoms with E-state index in [1.54, 1.807) is 24.3 Å². The van der Waals surface area contributed by atoms with E-state index >= 15 is 0 Å². The largest absolute Gasteiger partial charge is 0.508 e. The number of aromatic amines is 1. The Bertz CT molecular complexity index is 646. The van der Waals surface area contributed by atoms with E-state index in [-0.39, 0.29) is 5.75 Å². The average Bonchev–Trinajstić information content (AvgIpc) is 3.09. The van der Waals surface area contributed by atoms with Crippen molar-refractivity contribution in [1.29, 1.82) is 0 Å². The zero-order valence-electron chi connectivity index (χ0n) is 9.74. The normalized spacial score (nSPS) is 10.5. The Labute approximate surface area is 107 Å². The lowest BCUT2D eigenvalue weighted by Gasteiger charge is -2.02. The number of aromatic hydroxyl groups is 1. The van der Waals surface area contributed by atoms with Crippen LogP contribution in [-0.2, 0) is 6.54 Å². The molecule has 0 bridgehead atoms. The maximum atomic E-state index is 9.17. The van der Waals surface area contributed by atoms with E-state index in [1.807, 2.05) is 0 Å². The molecule has 3 N–H and O–H groups in total. The molecule has 0 unspecified atom stereocenters. The minimum absolute atomic E-state index is 0.218. The standard InChI is InChI=1S/C11H10N6O2/c18-8-3-1-7(2-4-8)12-5-9-15-11(17-19-9)10-13-6-14-16-10/h1-4,6,12,18H,5H2,(H,13,14,16). The van der Waals surface area contributed by atoms with Gasteiger partial charge in [0.25, 0.3) is 0 Å². The summed E-state index contributed by atoms with van der Waals surface area (Å²) in [7, 11) is 0. The first-order valence-electron chi connectivity index (χ1n) is 5.52. The lowest BCUT2D eigenvalue weighted by Crippen LogP contribution is -1.99. The second kappa shape index (κ2) is 4.77. The number of hydrogen-bond acceptors (Lipinski definition) is 7. The molecule has 3 aromatic rings. The van der Waals surface area contributed by atoms with Gasteiger partial charge in [-0.05, 0) is 24.3 Å². The van der Waals surface area contributed by atoms with Crippen molar-refractivity contribution < 1.29 is 9.63 Å². The predicted octanol–water partition coefficient (Wildman–Crippen LogP) is 1.17. The third kappa shape index (κ3) is 2.51. The van der Waals surface area contributed by atoms with Crippen molar-refractivity contribution in [2.45, 2.75) is 6.54 Å². The minimum Gasteiger partial charge on any atom is -0.508 e. The van der Waals surface area contributed by atoms with Gasteiger partial charge < -0.3 is 14.9 Å². The van der Waals surface area contributed by atoms with Crippen LogP contribution in [0.2, 0.25) is 0 Å². The van der Waals surface area contributed by atoms with Crippen LogP contribution in [0.4, 0.5) is 5.69 Å². The summed E-state index contributed by atoms with van der Waals surface area (Å²) in [6, 6.07) is 6.69. The number of anilines is 1. The molecular formula is C11H10N6O2. The minimum atomic E-state index is 0.218. The zero-order valence-corrected chi connectivity index (χ0v) is 9.74. The van der Waals surface area contributed by atoms with Gasteiger partial charge in [-0.15, -0.1) is 0 Å². The molecule has 1 aromatic carbocycles. The van der Waals surface area contributed by atoms with E-state index in [9.17, 15) is 0 Å². The van der Waals surface area contributed by atoms with E-state index in [4.69, 9.17) is 9.63 Å². The highest BCUT2D eigenvalue weighted by atomic mass is 16.5. The van der Waals surface area contributed by atoms with Crippen molar-refractivity contribution in [1.82, 2.24) is 25.3 Å². The van der Waals surface area contributed by atoms with Gasteiger partial charge in [0.1, 0.15) is 12.1 Å². The molecule has 0 saturated carbocycles. The van der Waals surface area contributed by atoms with Crippen molar-refractivity contribution in [3.63, 3.8) is 0 Å². The summed E-state index contributed by atoms with van der Waals surface area (Å²) in [5.74, 6) is 1.47. The smallest absolute Gasteiger partial charge is 0.246 e. The number of nitrogens with one attached hydrogen (secondary N) is 2. The summed E-state index contributed by atoms with van der Waals surface area (Å²) in [5.41, 5.74) is 0.845. The van der Waals surface area contributed by atoms with E-state index in [0.29, 0.717) is 24.1 Å². The second-order valence-corrected chi connectivity index (χ2v) is 3.75. The zero-order chi connectivity index (χ0) is 13.1. The molecule has 0 atom stereocenters. The topological polar surface area (TPSA) is 113 Å². The monoisotopic (exact) mass is 258 g/mol. The van der Waals surface area contributed by atoms with Crippen LogP contribution in [0.25, 0.3) is 11.6 Å². The van der Waals surface area contributed by atoms with Crippen LogP contribution in [0.1, 0.15) is 5.89 Å². The number of phenols is 1. The summed E-state index contributed by atoms with van der Waals surface area (Å²) >= 11 is 0. The fourth-order valence-electron chi connectivity index (χ4n) is 1.49. The van der Waals surface area contributed by atoms with Crippen LogP contribution in [0.3, 0.4) is 0 Å². The summed E-state index contributed by atoms with van der Waals surface area (Å²) < 4.78 is 5.07. The van der Waals surface area contributed by atoms with Crippen LogP contribution in [-0.4, -0.2) is 30.4 Å². The highest BCUT2D eigenvalue weighted by molar-refractivity contribution is 5.46. The molecule has 96 valence electrons. The summed E-state index contributed by atoms with van der Waals surface area (Å²) in [4.78, 5) is 8.09. The molecule has 8 nitrogen and oxygen atoms in total. The number of hydrogen-bond donors (Lipinski definition) is 3. The molecule has 0 fully saturated rings. The van der Waals surface area contributed by atoms with Crippen LogP contribution >= 0.6 is 0 Å². The van der Waals surface area contributed by atoms with Crippen molar-refractivity contribution >= 4 is 5.69 Å². The fourth-order valence-corrected chi connectivity index (χ4v) is 1.49. The van der Waals surface area contributed by atoms with Crippen LogP contribution in [0.15, 0.2) is 35.1 Å². The number of nitrogens with zero attached hydrogens (tertiary/aromatic N) is 4. The number of phenolic OH excluding ortho intramolecular Hbond substituents is 1. The number of benzene rings is 1. The van der Waals surface area contributed by atoms with Crippen molar-refractivity contribution in [2.24, 2.45) is 0 Å². The van der Waals surface area contributed by atoms with Gasteiger partial charge in [-0.25, -0.2) is 4.98 Å². The molecule has 2 aromatic heterocycles. The Kier molecular flexibility index (Phi) is 2.81. The van der Waals surface area contributed by atoms with Gasteiger partial charge in [-0.2, -0.15) is 10.1 Å². The third-order valence-electron chi connectivity index (χ3n) is 2.41. The number of rotatable bonds is 4. The van der Waals surface area contributed by atoms with Gasteiger partial charge in [0, 0.05) is 5.69 Å². The van der Waals surface area contributed by atoms with Gasteiger partial charge >= 0.3 is 0 Å². The van der Waals surface area contributed by atoms with Gasteiger partial charge in [0.05, 0.1) is 6.54 Å². The summed E-state index contributed by atoms with van der Waals surface area (Å²) in [6.07, 6.45) is 1.38. The average molecular weight is 258 g/mol. The highest BCUT2D eigenvalue weighted by Gasteiger charge is 2.10. The van der Waals surface area contributed by atoms with Gasteiger partial charge in [-0.3, -0.25) is 5.10 Å². The molecular weight excluding hydrogens is 248 g/mol. The number of H-pyrrole nitrogens is 1. The Morgan fingerprint density at radius 2 is 2.11 bits per heavy atom. The SMILES string of the molecule is Oc1ccc(NCc2nc(-c3ncn[nH]3)no2)cc1. The predicted molar refractivity (Wildman–Crippen MR) is 65.1 cm³/mol. The number of aromatic nitrogens is 5. The van der Waals surface area contributed by atoms with E-state index in [0.717, 1.165) is 5.69 Å². The van der Waals surface area contributed by atoms with Crippen LogP contribution < -0.4 is 5.32 Å². The quantitative estimate of drug-likeness (QED) is 0.602. The first kappa shape index (κ1) is 11.2. The first-order valence-corrected chi connectivity index (χ1v) is 5.52. The molecule has 3 rings (SSSR count). The van der Waals surface area contributed by atoms with Crippen molar-refractivity contribution in [3.8, 4) is 17.4 Å². The summed E-state index contributed by atoms with van der Waals surface area (Å²) in [6.45, 7) is 0.381. The van der Waals surface area contributed by atoms with Gasteiger partial charge in [0.15, 0.2) is 5.82 Å². The van der Waals surface area contributed by atoms with E-state index in [1.165, 1.54) is 6.33 Å². The molecule has 0 aliphatic heterocycles. The molecule has 0 radical (unpaired) electrons. The molecule has 0 aliphatic rings. The summed E-state index contributed by atoms with van der Waals surface area (Å²) in [5, 5.41) is 22.4. The lowest BCUT2D eigenvalue weighted by molar-refractivity contribution is 0.384. The third-order valence-corrected chi connectivity index (χ3v) is 2.41. The van der Waals surface area contributed by atoms with Crippen molar-refractivity contribution in [2.75, 3.05) is 5.32 Å². The van der Waals surface area contributed by atoms with Gasteiger partial charge in [-0.1, -0.05) is 5.16 Å². The molecule has 19 heavy (non-hydrogen) atoms. The lowest BCUT2D eigenvalue weighted by atomic mass is 10.3. The van der Waals surface area contributed by atoms with Crippen LogP contribution in [0.5, 0.6) is 5.75 Å². The van der Waals surface area contributed by atoms with E-state index in [2.05, 4.69) is 30.6 Å². The molecule has 2 heterocycles. The Hall–Kier alpha value is -2.90. The Balaban J connectivity index is 1.66. The maximum absolute atomic E-state index is 9.17. The van der Waals surface area contributed by atoms with Crippen molar-refractivity contribution in [3.05, 3.63) is 36.5 Å². The van der Waals surface area contributed by atoms with Crippen LogP contribution in [0, 0.1) is 0 Å². The molecule has 0 aliphatic carbocycles. The Morgan fingerprint density at radius 3 is 2.84 bits per heavy atom.